The fraction of sp³-hybridized carbons (Fsp3) is 0.438. The van der Waals surface area contributed by atoms with Gasteiger partial charge in [0.2, 0.25) is 0 Å². The van der Waals surface area contributed by atoms with Gasteiger partial charge in [0, 0.05) is 22.9 Å². The molecule has 20 heavy (non-hydrogen) atoms. The molecule has 0 amide bonds. The normalized spacial score (nSPS) is 22.5. The quantitative estimate of drug-likeness (QED) is 0.860. The average molecular weight is 292 g/mol. The number of rotatable bonds is 4. The maximum absolute atomic E-state index is 12.2. The second-order valence-electron chi connectivity index (χ2n) is 5.69. The molecule has 0 saturated heterocycles. The summed E-state index contributed by atoms with van der Waals surface area (Å²) < 4.78 is 5.59. The molecule has 2 aromatic rings. The number of ketones is 1. The van der Waals surface area contributed by atoms with E-state index in [4.69, 9.17) is 21.8 Å². The van der Waals surface area contributed by atoms with Crippen molar-refractivity contribution in [2.75, 3.05) is 0 Å². The first-order valence-electron chi connectivity index (χ1n) is 7.09. The van der Waals surface area contributed by atoms with Crippen molar-refractivity contribution in [3.05, 3.63) is 35.0 Å². The Morgan fingerprint density at radius 3 is 2.95 bits per heavy atom. The fourth-order valence-corrected chi connectivity index (χ4v) is 3.17. The van der Waals surface area contributed by atoms with Crippen molar-refractivity contribution < 1.29 is 9.21 Å². The van der Waals surface area contributed by atoms with Crippen LogP contribution < -0.4 is 5.73 Å². The molecule has 2 N–H and O–H groups in total. The molecule has 4 heteroatoms. The van der Waals surface area contributed by atoms with E-state index >= 15 is 0 Å². The molecular weight excluding hydrogens is 274 g/mol. The van der Waals surface area contributed by atoms with E-state index in [-0.39, 0.29) is 5.78 Å². The summed E-state index contributed by atoms with van der Waals surface area (Å²) in [6, 6.07) is 7.48. The molecule has 0 spiro atoms. The van der Waals surface area contributed by atoms with Crippen LogP contribution in [0.1, 0.15) is 42.7 Å². The third kappa shape index (κ3) is 2.89. The van der Waals surface area contributed by atoms with E-state index in [1.165, 1.54) is 0 Å². The van der Waals surface area contributed by atoms with Crippen LogP contribution in [0.3, 0.4) is 0 Å². The summed E-state index contributed by atoms with van der Waals surface area (Å²) in [5.74, 6) is 1.09. The molecule has 0 bridgehead atoms. The highest BCUT2D eigenvalue weighted by atomic mass is 35.5. The van der Waals surface area contributed by atoms with E-state index < -0.39 is 0 Å². The van der Waals surface area contributed by atoms with Crippen LogP contribution in [0, 0.1) is 5.92 Å². The van der Waals surface area contributed by atoms with Crippen molar-refractivity contribution in [3.8, 4) is 0 Å². The van der Waals surface area contributed by atoms with Gasteiger partial charge in [0.15, 0.2) is 11.5 Å². The van der Waals surface area contributed by atoms with E-state index in [1.54, 1.807) is 18.2 Å². The number of fused-ring (bicyclic) bond motifs is 1. The molecule has 0 aliphatic heterocycles. The van der Waals surface area contributed by atoms with Gasteiger partial charge in [0.05, 0.1) is 0 Å². The molecule has 1 saturated carbocycles. The Morgan fingerprint density at radius 1 is 1.35 bits per heavy atom. The average Bonchev–Trinajstić information content (AvgIpc) is 3.01. The van der Waals surface area contributed by atoms with Gasteiger partial charge in [0.25, 0.3) is 0 Å². The number of Topliss-reactive ketones (excluding diaryl/α,β-unsaturated/α-hetero) is 1. The molecule has 2 unspecified atom stereocenters. The largest absolute Gasteiger partial charge is 0.453 e. The van der Waals surface area contributed by atoms with Crippen molar-refractivity contribution in [1.29, 1.82) is 0 Å². The van der Waals surface area contributed by atoms with Crippen LogP contribution in [0.4, 0.5) is 0 Å². The standard InChI is InChI=1S/C16H18ClNO2/c17-12-3-6-15-11(8-12)9-16(20-15)14(19)5-2-10-1-4-13(18)7-10/h3,6,8-10,13H,1-2,4-5,7,18H2. The smallest absolute Gasteiger partial charge is 0.198 e. The lowest BCUT2D eigenvalue weighted by Gasteiger charge is -2.07. The number of halogens is 1. The lowest BCUT2D eigenvalue weighted by Crippen LogP contribution is -2.15. The van der Waals surface area contributed by atoms with Gasteiger partial charge < -0.3 is 10.2 Å². The SMILES string of the molecule is NC1CCC(CCC(=O)c2cc3cc(Cl)ccc3o2)C1. The Morgan fingerprint density at radius 2 is 2.20 bits per heavy atom. The predicted octanol–water partition coefficient (Wildman–Crippen LogP) is 4.18. The lowest BCUT2D eigenvalue weighted by atomic mass is 9.99. The van der Waals surface area contributed by atoms with Crippen LogP contribution in [0.25, 0.3) is 11.0 Å². The highest BCUT2D eigenvalue weighted by Crippen LogP contribution is 2.29. The van der Waals surface area contributed by atoms with Crippen LogP contribution in [-0.2, 0) is 0 Å². The van der Waals surface area contributed by atoms with Gasteiger partial charge in [-0.3, -0.25) is 4.79 Å². The molecule has 1 heterocycles. The summed E-state index contributed by atoms with van der Waals surface area (Å²) in [4.78, 5) is 12.2. The topological polar surface area (TPSA) is 56.2 Å². The zero-order chi connectivity index (χ0) is 14.1. The molecule has 1 aliphatic carbocycles. The molecule has 0 radical (unpaired) electrons. The van der Waals surface area contributed by atoms with Crippen LogP contribution in [0.5, 0.6) is 0 Å². The molecule has 1 aromatic heterocycles. The van der Waals surface area contributed by atoms with Gasteiger partial charge in [-0.25, -0.2) is 0 Å². The minimum atomic E-state index is 0.0674. The van der Waals surface area contributed by atoms with Gasteiger partial charge in [-0.05, 0) is 55.9 Å². The second kappa shape index (κ2) is 5.58. The maximum atomic E-state index is 12.2. The highest BCUT2D eigenvalue weighted by molar-refractivity contribution is 6.31. The van der Waals surface area contributed by atoms with E-state index in [1.807, 2.05) is 6.07 Å². The van der Waals surface area contributed by atoms with Crippen molar-refractivity contribution in [3.63, 3.8) is 0 Å². The Hall–Kier alpha value is -1.32. The van der Waals surface area contributed by atoms with Gasteiger partial charge in [0.1, 0.15) is 5.58 Å². The molecule has 3 rings (SSSR count). The van der Waals surface area contributed by atoms with Gasteiger partial charge in [-0.2, -0.15) is 0 Å². The third-order valence-electron chi connectivity index (χ3n) is 4.11. The first-order valence-corrected chi connectivity index (χ1v) is 7.47. The van der Waals surface area contributed by atoms with Crippen molar-refractivity contribution in [1.82, 2.24) is 0 Å². The van der Waals surface area contributed by atoms with Crippen molar-refractivity contribution >= 4 is 28.4 Å². The first kappa shape index (κ1) is 13.7. The van der Waals surface area contributed by atoms with Gasteiger partial charge in [-0.1, -0.05) is 11.6 Å². The minimum Gasteiger partial charge on any atom is -0.453 e. The Labute approximate surface area is 123 Å². The minimum absolute atomic E-state index is 0.0674. The fourth-order valence-electron chi connectivity index (χ4n) is 2.99. The third-order valence-corrected chi connectivity index (χ3v) is 4.35. The molecule has 2 atom stereocenters. The number of hydrogen-bond donors (Lipinski definition) is 1. The van der Waals surface area contributed by atoms with E-state index in [0.29, 0.717) is 34.7 Å². The van der Waals surface area contributed by atoms with E-state index in [0.717, 1.165) is 31.1 Å². The summed E-state index contributed by atoms with van der Waals surface area (Å²) >= 11 is 5.93. The van der Waals surface area contributed by atoms with Crippen LogP contribution >= 0.6 is 11.6 Å². The predicted molar refractivity (Wildman–Crippen MR) is 80.1 cm³/mol. The molecule has 3 nitrogen and oxygen atoms in total. The molecule has 106 valence electrons. The Kier molecular flexibility index (Phi) is 3.81. The number of hydrogen-bond acceptors (Lipinski definition) is 3. The van der Waals surface area contributed by atoms with Crippen LogP contribution in [0.2, 0.25) is 5.02 Å². The van der Waals surface area contributed by atoms with E-state index in [9.17, 15) is 4.79 Å². The molecule has 1 fully saturated rings. The lowest BCUT2D eigenvalue weighted by molar-refractivity contribution is 0.0949. The maximum Gasteiger partial charge on any atom is 0.198 e. The zero-order valence-corrected chi connectivity index (χ0v) is 12.0. The summed E-state index contributed by atoms with van der Waals surface area (Å²) in [6.07, 6.45) is 4.71. The summed E-state index contributed by atoms with van der Waals surface area (Å²) in [5, 5.41) is 1.53. The van der Waals surface area contributed by atoms with Gasteiger partial charge in [-0.15, -0.1) is 0 Å². The van der Waals surface area contributed by atoms with Crippen LogP contribution in [-0.4, -0.2) is 11.8 Å². The number of furan rings is 1. The Balaban J connectivity index is 1.66. The number of carbonyl (C=O) groups excluding carboxylic acids is 1. The molecular formula is C16H18ClNO2. The molecule has 1 aliphatic rings. The zero-order valence-electron chi connectivity index (χ0n) is 11.3. The van der Waals surface area contributed by atoms with E-state index in [2.05, 4.69) is 0 Å². The summed E-state index contributed by atoms with van der Waals surface area (Å²) in [5.41, 5.74) is 6.60. The number of benzene rings is 1. The number of nitrogens with two attached hydrogens (primary N) is 1. The van der Waals surface area contributed by atoms with Gasteiger partial charge >= 0.3 is 0 Å². The van der Waals surface area contributed by atoms with Crippen molar-refractivity contribution in [2.45, 2.75) is 38.1 Å². The highest BCUT2D eigenvalue weighted by Gasteiger charge is 2.23. The summed E-state index contributed by atoms with van der Waals surface area (Å²) in [6.45, 7) is 0. The molecule has 1 aromatic carbocycles. The summed E-state index contributed by atoms with van der Waals surface area (Å²) in [7, 11) is 0. The first-order chi connectivity index (χ1) is 9.61. The second-order valence-corrected chi connectivity index (χ2v) is 6.13. The number of carbonyl (C=O) groups is 1. The van der Waals surface area contributed by atoms with Crippen molar-refractivity contribution in [2.24, 2.45) is 11.7 Å². The van der Waals surface area contributed by atoms with Crippen LogP contribution in [0.15, 0.2) is 28.7 Å². The Bertz CT molecular complexity index is 634. The monoisotopic (exact) mass is 291 g/mol.